The number of piperazine rings is 1. The number of fused-ring (bicyclic) bond motifs is 4. The molecule has 0 aromatic carbocycles. The third kappa shape index (κ3) is 4.32. The monoisotopic (exact) mass is 548 g/mol. The summed E-state index contributed by atoms with van der Waals surface area (Å²) in [7, 11) is -0.670. The number of nitrogens with zero attached hydrogens (tertiary/aromatic N) is 7. The van der Waals surface area contributed by atoms with Crippen LogP contribution in [0.15, 0.2) is 11.4 Å². The number of aryl methyl sites for hydroxylation is 1. The molecule has 208 valence electrons. The van der Waals surface area contributed by atoms with Crippen LogP contribution in [0.25, 0.3) is 0 Å². The fraction of sp³-hybridized carbons (Fsp3) is 0.652. The zero-order valence-corrected chi connectivity index (χ0v) is 23.8. The minimum absolute atomic E-state index is 0.0838. The lowest BCUT2D eigenvalue weighted by atomic mass is 9.91. The van der Waals surface area contributed by atoms with Gasteiger partial charge in [-0.1, -0.05) is 20.8 Å². The molecule has 1 aromatic heterocycles. The molecule has 3 atom stereocenters. The molecule has 3 aliphatic rings. The Morgan fingerprint density at radius 1 is 1.24 bits per heavy atom. The molecule has 14 nitrogen and oxygen atoms in total. The fourth-order valence-corrected chi connectivity index (χ4v) is 5.53. The molecule has 0 saturated carbocycles. The van der Waals surface area contributed by atoms with E-state index >= 15 is 0 Å². The molecule has 6 amide bonds. The zero-order chi connectivity index (χ0) is 28.3. The Hall–Kier alpha value is -3.46. The number of likely N-dealkylation sites (N-methyl/N-ethyl adjacent to an activating group) is 1. The minimum atomic E-state index is -2.41. The number of rotatable bonds is 6. The first kappa shape index (κ1) is 27.6. The van der Waals surface area contributed by atoms with Crippen LogP contribution in [0.1, 0.15) is 57.5 Å². The van der Waals surface area contributed by atoms with E-state index in [1.54, 1.807) is 24.9 Å². The second-order valence-electron chi connectivity index (χ2n) is 11.4. The predicted molar refractivity (Wildman–Crippen MR) is 137 cm³/mol. The second kappa shape index (κ2) is 9.38. The summed E-state index contributed by atoms with van der Waals surface area (Å²) < 4.78 is 7.88. The van der Waals surface area contributed by atoms with E-state index in [-0.39, 0.29) is 31.1 Å². The van der Waals surface area contributed by atoms with Crippen molar-refractivity contribution in [1.82, 2.24) is 29.5 Å². The number of hydrogen-bond donors (Lipinski definition) is 2. The Bertz CT molecular complexity index is 1210. The highest BCUT2D eigenvalue weighted by Gasteiger charge is 2.52. The molecule has 3 N–H and O–H groups in total. The first-order valence-corrected chi connectivity index (χ1v) is 15.5. The van der Waals surface area contributed by atoms with Gasteiger partial charge in [0.05, 0.1) is 36.7 Å². The smallest absolute Gasteiger partial charge is 0.345 e. The lowest BCUT2D eigenvalue weighted by Crippen LogP contribution is -2.62. The Morgan fingerprint density at radius 2 is 1.89 bits per heavy atom. The van der Waals surface area contributed by atoms with Gasteiger partial charge in [-0.05, 0) is 25.1 Å². The van der Waals surface area contributed by atoms with Crippen molar-refractivity contribution in [3.05, 3.63) is 17.5 Å². The van der Waals surface area contributed by atoms with Gasteiger partial charge in [0.15, 0.2) is 0 Å². The zero-order valence-electron chi connectivity index (χ0n) is 22.8. The topological polar surface area (TPSA) is 167 Å². The Kier molecular flexibility index (Phi) is 6.80. The maximum absolute atomic E-state index is 13.1. The minimum Gasteiger partial charge on any atom is -0.455 e. The van der Waals surface area contributed by atoms with Gasteiger partial charge in [0.25, 0.3) is 8.32 Å². The Labute approximate surface area is 222 Å². The SMILES string of the molecule is CCN1C(=O)C(=O)N(C(N)=O)CC1C/C(=N\O[Si](C)(C)C(C)(C)C)[C@@H]1c2c(cnn2C)[C@@H]2CN1C(=O)N2O. The van der Waals surface area contributed by atoms with Gasteiger partial charge in [-0.25, -0.2) is 9.59 Å². The Morgan fingerprint density at radius 3 is 2.47 bits per heavy atom. The highest BCUT2D eigenvalue weighted by atomic mass is 28.4. The summed E-state index contributed by atoms with van der Waals surface area (Å²) in [6, 6.07) is -3.58. The number of carbonyl (C=O) groups is 4. The van der Waals surface area contributed by atoms with E-state index in [9.17, 15) is 24.4 Å². The Balaban J connectivity index is 1.81. The number of imide groups is 1. The number of aromatic nitrogens is 2. The number of hydrogen-bond acceptors (Lipinski definition) is 8. The fourth-order valence-electron chi connectivity index (χ4n) is 4.91. The van der Waals surface area contributed by atoms with Crippen LogP contribution < -0.4 is 5.73 Å². The molecular formula is C23H36N8O6Si. The normalized spacial score (nSPS) is 24.4. The van der Waals surface area contributed by atoms with E-state index in [0.29, 0.717) is 22.0 Å². The highest BCUT2D eigenvalue weighted by Crippen LogP contribution is 2.44. The molecular weight excluding hydrogens is 512 g/mol. The molecule has 15 heteroatoms. The second-order valence-corrected chi connectivity index (χ2v) is 16.1. The van der Waals surface area contributed by atoms with Gasteiger partial charge in [-0.2, -0.15) is 10.2 Å². The van der Waals surface area contributed by atoms with Crippen molar-refractivity contribution in [1.29, 1.82) is 0 Å². The first-order valence-electron chi connectivity index (χ1n) is 12.6. The van der Waals surface area contributed by atoms with Gasteiger partial charge < -0.3 is 20.1 Å². The van der Waals surface area contributed by atoms with Crippen molar-refractivity contribution in [3.8, 4) is 0 Å². The third-order valence-corrected chi connectivity index (χ3v) is 12.3. The van der Waals surface area contributed by atoms with Crippen LogP contribution in [0, 0.1) is 0 Å². The van der Waals surface area contributed by atoms with Crippen molar-refractivity contribution >= 4 is 37.9 Å². The molecule has 0 radical (unpaired) electrons. The van der Waals surface area contributed by atoms with Gasteiger partial charge in [0, 0.05) is 25.6 Å². The molecule has 1 aromatic rings. The lowest BCUT2D eigenvalue weighted by molar-refractivity contribution is -0.156. The van der Waals surface area contributed by atoms with E-state index < -0.39 is 50.3 Å². The molecule has 4 rings (SSSR count). The summed E-state index contributed by atoms with van der Waals surface area (Å²) in [5.41, 5.74) is 7.17. The third-order valence-electron chi connectivity index (χ3n) is 8.14. The van der Waals surface area contributed by atoms with Crippen LogP contribution in [-0.4, -0.2) is 98.3 Å². The molecule has 0 spiro atoms. The summed E-state index contributed by atoms with van der Waals surface area (Å²) in [5, 5.41) is 20.1. The van der Waals surface area contributed by atoms with Gasteiger partial charge >= 0.3 is 23.9 Å². The molecule has 1 unspecified atom stereocenters. The number of carbonyl (C=O) groups excluding carboxylic acids is 4. The van der Waals surface area contributed by atoms with Crippen molar-refractivity contribution in [3.63, 3.8) is 0 Å². The van der Waals surface area contributed by atoms with E-state index in [4.69, 9.17) is 10.3 Å². The number of oxime groups is 1. The summed E-state index contributed by atoms with van der Waals surface area (Å²) in [4.78, 5) is 54.0. The van der Waals surface area contributed by atoms with E-state index in [2.05, 4.69) is 31.0 Å². The summed E-state index contributed by atoms with van der Waals surface area (Å²) in [6.07, 6.45) is 1.70. The average molecular weight is 549 g/mol. The summed E-state index contributed by atoms with van der Waals surface area (Å²) >= 11 is 0. The van der Waals surface area contributed by atoms with Crippen LogP contribution >= 0.6 is 0 Å². The highest BCUT2D eigenvalue weighted by molar-refractivity contribution is 6.74. The van der Waals surface area contributed by atoms with Crippen LogP contribution in [0.5, 0.6) is 0 Å². The predicted octanol–water partition coefficient (Wildman–Crippen LogP) is 1.55. The molecule has 2 saturated heterocycles. The van der Waals surface area contributed by atoms with Gasteiger partial charge in [-0.15, -0.1) is 5.16 Å². The number of amides is 6. The number of hydroxylamine groups is 2. The molecule has 4 heterocycles. The molecule has 38 heavy (non-hydrogen) atoms. The van der Waals surface area contributed by atoms with Crippen LogP contribution in [0.4, 0.5) is 9.59 Å². The van der Waals surface area contributed by atoms with Crippen LogP contribution in [0.3, 0.4) is 0 Å². The van der Waals surface area contributed by atoms with Gasteiger partial charge in [0.1, 0.15) is 12.1 Å². The van der Waals surface area contributed by atoms with Gasteiger partial charge in [0.2, 0.25) is 0 Å². The number of urea groups is 2. The molecule has 0 aliphatic carbocycles. The van der Waals surface area contributed by atoms with Crippen molar-refractivity contribution < 1.29 is 28.9 Å². The number of nitrogens with two attached hydrogens (primary N) is 1. The molecule has 2 fully saturated rings. The maximum Gasteiger partial charge on any atom is 0.345 e. The van der Waals surface area contributed by atoms with E-state index in [1.807, 2.05) is 13.1 Å². The quantitative estimate of drug-likeness (QED) is 0.179. The number of primary amides is 1. The van der Waals surface area contributed by atoms with E-state index in [0.717, 1.165) is 4.90 Å². The van der Waals surface area contributed by atoms with Crippen molar-refractivity contribution in [2.24, 2.45) is 17.9 Å². The molecule has 3 aliphatic heterocycles. The molecule has 2 bridgehead atoms. The van der Waals surface area contributed by atoms with Crippen molar-refractivity contribution in [2.45, 2.75) is 70.4 Å². The lowest BCUT2D eigenvalue weighted by Gasteiger charge is -2.40. The standard InChI is InChI=1S/C23H36N8O6Si/c1-8-28-13(11-30(21(24)34)20(33)19(28)32)9-15(26-37-38(6,7)23(2,3)4)18-17-14(10-25-27(17)5)16-12-29(18)22(35)31(16)36/h10,13,16,18,36H,8-9,11-12H2,1-7H3,(H2,24,34)/b26-15+/t13?,16-,18+/m0/s1. The average Bonchev–Trinajstić information content (AvgIpc) is 3.33. The van der Waals surface area contributed by atoms with E-state index in [1.165, 1.54) is 9.80 Å². The van der Waals surface area contributed by atoms with Crippen molar-refractivity contribution in [2.75, 3.05) is 19.6 Å². The van der Waals surface area contributed by atoms with Crippen LogP contribution in [0.2, 0.25) is 18.1 Å². The van der Waals surface area contributed by atoms with Crippen LogP contribution in [-0.2, 0) is 21.2 Å². The summed E-state index contributed by atoms with van der Waals surface area (Å²) in [5.74, 6) is -1.82. The summed E-state index contributed by atoms with van der Waals surface area (Å²) in [6.45, 7) is 12.3. The largest absolute Gasteiger partial charge is 0.455 e. The first-order chi connectivity index (χ1) is 17.6. The maximum atomic E-state index is 13.1. The van der Waals surface area contributed by atoms with Gasteiger partial charge in [-0.3, -0.25) is 24.4 Å².